The number of nitrogens with one attached hydrogen (secondary N) is 3. The molecule has 3 N–H and O–H groups in total. The molecule has 0 fully saturated rings. The highest BCUT2D eigenvalue weighted by molar-refractivity contribution is 6.31. The fourth-order valence-electron chi connectivity index (χ4n) is 2.77. The van der Waals surface area contributed by atoms with Crippen LogP contribution in [0.15, 0.2) is 30.6 Å². The average molecular weight is 358 g/mol. The number of pyridine rings is 1. The number of nitrogens with zero attached hydrogens (tertiary/aromatic N) is 2. The number of benzene rings is 1. The van der Waals surface area contributed by atoms with Crippen LogP contribution in [0.4, 0.5) is 11.4 Å². The summed E-state index contributed by atoms with van der Waals surface area (Å²) in [5.74, 6) is 0.183. The lowest BCUT2D eigenvalue weighted by Gasteiger charge is -2.34. The molecule has 2 aromatic heterocycles. The molecule has 1 aliphatic heterocycles. The third-order valence-corrected chi connectivity index (χ3v) is 4.20. The van der Waals surface area contributed by atoms with Crippen molar-refractivity contribution < 1.29 is 9.53 Å². The minimum Gasteiger partial charge on any atom is -0.483 e. The third kappa shape index (κ3) is 2.87. The first kappa shape index (κ1) is 15.7. The van der Waals surface area contributed by atoms with Crippen LogP contribution in [-0.4, -0.2) is 33.2 Å². The van der Waals surface area contributed by atoms with E-state index in [0.29, 0.717) is 39.9 Å². The van der Waals surface area contributed by atoms with Crippen LogP contribution in [0.1, 0.15) is 24.2 Å². The normalized spacial score (nSPS) is 15.2. The standard InChI is InChI=1S/C17H16ClN5O2/c1-17(2)8-20-13-6-9(18)5-10(14(13)25-17)16(24)22-12-3-4-19-15-11(12)7-21-23-15/h3-7,20H,8H2,1-2H3,(H2,19,21,22,23,24). The summed E-state index contributed by atoms with van der Waals surface area (Å²) in [6, 6.07) is 5.08. The molecule has 25 heavy (non-hydrogen) atoms. The number of aromatic amines is 1. The maximum Gasteiger partial charge on any atom is 0.259 e. The van der Waals surface area contributed by atoms with Gasteiger partial charge in [0.15, 0.2) is 11.4 Å². The van der Waals surface area contributed by atoms with Gasteiger partial charge in [-0.05, 0) is 32.0 Å². The molecular weight excluding hydrogens is 342 g/mol. The van der Waals surface area contributed by atoms with E-state index in [0.717, 1.165) is 5.39 Å². The highest BCUT2D eigenvalue weighted by Gasteiger charge is 2.30. The van der Waals surface area contributed by atoms with Crippen molar-refractivity contribution in [1.29, 1.82) is 0 Å². The predicted octanol–water partition coefficient (Wildman–Crippen LogP) is 3.45. The molecule has 0 aliphatic carbocycles. The van der Waals surface area contributed by atoms with E-state index in [4.69, 9.17) is 16.3 Å². The molecule has 7 nitrogen and oxygen atoms in total. The zero-order valence-electron chi connectivity index (χ0n) is 13.7. The quantitative estimate of drug-likeness (QED) is 0.653. The molecule has 3 heterocycles. The number of ether oxygens (including phenoxy) is 1. The lowest BCUT2D eigenvalue weighted by atomic mass is 10.0. The van der Waals surface area contributed by atoms with Crippen LogP contribution in [0.2, 0.25) is 5.02 Å². The number of H-pyrrole nitrogens is 1. The van der Waals surface area contributed by atoms with Gasteiger partial charge in [0.05, 0.1) is 35.1 Å². The molecule has 3 aromatic rings. The number of halogens is 1. The van der Waals surface area contributed by atoms with Gasteiger partial charge in [-0.15, -0.1) is 0 Å². The number of aromatic nitrogens is 3. The van der Waals surface area contributed by atoms with Gasteiger partial charge in [-0.2, -0.15) is 5.10 Å². The Bertz CT molecular complexity index is 982. The first-order valence-corrected chi connectivity index (χ1v) is 8.17. The van der Waals surface area contributed by atoms with Crippen LogP contribution >= 0.6 is 11.6 Å². The van der Waals surface area contributed by atoms with E-state index < -0.39 is 5.60 Å². The number of carbonyl (C=O) groups is 1. The maximum atomic E-state index is 12.9. The van der Waals surface area contributed by atoms with E-state index >= 15 is 0 Å². The van der Waals surface area contributed by atoms with Gasteiger partial charge in [-0.3, -0.25) is 9.89 Å². The Hall–Kier alpha value is -2.80. The SMILES string of the molecule is CC1(C)CNc2cc(Cl)cc(C(=O)Nc3ccnc4[nH]ncc34)c2O1. The van der Waals surface area contributed by atoms with Gasteiger partial charge in [0, 0.05) is 11.2 Å². The highest BCUT2D eigenvalue weighted by Crippen LogP contribution is 2.39. The van der Waals surface area contributed by atoms with E-state index in [9.17, 15) is 4.79 Å². The van der Waals surface area contributed by atoms with Crippen molar-refractivity contribution in [3.05, 3.63) is 41.2 Å². The number of anilines is 2. The van der Waals surface area contributed by atoms with Crippen molar-refractivity contribution in [3.8, 4) is 5.75 Å². The second kappa shape index (κ2) is 5.63. The van der Waals surface area contributed by atoms with E-state index in [1.165, 1.54) is 0 Å². The first-order valence-electron chi connectivity index (χ1n) is 7.79. The summed E-state index contributed by atoms with van der Waals surface area (Å²) in [5.41, 5.74) is 1.87. The summed E-state index contributed by atoms with van der Waals surface area (Å²) in [6.45, 7) is 4.54. The van der Waals surface area contributed by atoms with Crippen molar-refractivity contribution >= 4 is 39.9 Å². The van der Waals surface area contributed by atoms with E-state index in [2.05, 4.69) is 25.8 Å². The maximum absolute atomic E-state index is 12.9. The molecule has 0 spiro atoms. The molecule has 0 bridgehead atoms. The number of hydrogen-bond donors (Lipinski definition) is 3. The molecule has 0 unspecified atom stereocenters. The largest absolute Gasteiger partial charge is 0.483 e. The molecule has 0 saturated carbocycles. The van der Waals surface area contributed by atoms with Crippen LogP contribution in [0.5, 0.6) is 5.75 Å². The van der Waals surface area contributed by atoms with Gasteiger partial charge in [0.2, 0.25) is 0 Å². The second-order valence-electron chi connectivity index (χ2n) is 6.49. The lowest BCUT2D eigenvalue weighted by Crippen LogP contribution is -2.40. The van der Waals surface area contributed by atoms with Gasteiger partial charge in [0.1, 0.15) is 5.60 Å². The minimum absolute atomic E-state index is 0.313. The van der Waals surface area contributed by atoms with Gasteiger partial charge in [0.25, 0.3) is 5.91 Å². The van der Waals surface area contributed by atoms with Crippen LogP contribution in [0.3, 0.4) is 0 Å². The van der Waals surface area contributed by atoms with Crippen LogP contribution in [0, 0.1) is 0 Å². The molecule has 1 aromatic carbocycles. The Kier molecular flexibility index (Phi) is 3.54. The van der Waals surface area contributed by atoms with E-state index in [1.807, 2.05) is 13.8 Å². The number of fused-ring (bicyclic) bond motifs is 2. The summed E-state index contributed by atoms with van der Waals surface area (Å²) in [5, 5.41) is 14.1. The fourth-order valence-corrected chi connectivity index (χ4v) is 2.99. The molecule has 0 radical (unpaired) electrons. The van der Waals surface area contributed by atoms with Crippen molar-refractivity contribution in [1.82, 2.24) is 15.2 Å². The predicted molar refractivity (Wildman–Crippen MR) is 96.5 cm³/mol. The number of rotatable bonds is 2. The van der Waals surface area contributed by atoms with Crippen LogP contribution in [0.25, 0.3) is 11.0 Å². The Labute approximate surface area is 148 Å². The summed E-state index contributed by atoms with van der Waals surface area (Å²) in [6.07, 6.45) is 3.22. The molecule has 0 saturated heterocycles. The molecule has 1 aliphatic rings. The molecule has 8 heteroatoms. The van der Waals surface area contributed by atoms with Gasteiger partial charge in [-0.1, -0.05) is 11.6 Å². The number of amides is 1. The lowest BCUT2D eigenvalue weighted by molar-refractivity contribution is 0.0981. The summed E-state index contributed by atoms with van der Waals surface area (Å²) in [4.78, 5) is 17.0. The van der Waals surface area contributed by atoms with E-state index in [1.54, 1.807) is 30.6 Å². The average Bonchev–Trinajstić information content (AvgIpc) is 3.04. The number of hydrogen-bond acceptors (Lipinski definition) is 5. The zero-order valence-corrected chi connectivity index (χ0v) is 14.4. The highest BCUT2D eigenvalue weighted by atomic mass is 35.5. The Balaban J connectivity index is 1.73. The Morgan fingerprint density at radius 1 is 1.40 bits per heavy atom. The monoisotopic (exact) mass is 357 g/mol. The molecule has 4 rings (SSSR count). The molecular formula is C17H16ClN5O2. The zero-order chi connectivity index (χ0) is 17.6. The van der Waals surface area contributed by atoms with Crippen LogP contribution < -0.4 is 15.4 Å². The first-order chi connectivity index (χ1) is 11.9. The number of carbonyl (C=O) groups excluding carboxylic acids is 1. The third-order valence-electron chi connectivity index (χ3n) is 3.98. The van der Waals surface area contributed by atoms with Crippen molar-refractivity contribution in [2.24, 2.45) is 0 Å². The Morgan fingerprint density at radius 2 is 2.24 bits per heavy atom. The van der Waals surface area contributed by atoms with Crippen molar-refractivity contribution in [2.45, 2.75) is 19.4 Å². The van der Waals surface area contributed by atoms with Gasteiger partial charge >= 0.3 is 0 Å². The molecule has 1 amide bonds. The summed E-state index contributed by atoms with van der Waals surface area (Å²) >= 11 is 6.18. The summed E-state index contributed by atoms with van der Waals surface area (Å²) in [7, 11) is 0. The molecule has 128 valence electrons. The van der Waals surface area contributed by atoms with Crippen molar-refractivity contribution in [2.75, 3.05) is 17.2 Å². The van der Waals surface area contributed by atoms with Crippen molar-refractivity contribution in [3.63, 3.8) is 0 Å². The van der Waals surface area contributed by atoms with Gasteiger partial charge < -0.3 is 15.4 Å². The fraction of sp³-hybridized carbons (Fsp3) is 0.235. The smallest absolute Gasteiger partial charge is 0.259 e. The van der Waals surface area contributed by atoms with Crippen LogP contribution in [-0.2, 0) is 0 Å². The topological polar surface area (TPSA) is 91.9 Å². The second-order valence-corrected chi connectivity index (χ2v) is 6.93. The minimum atomic E-state index is -0.426. The van der Waals surface area contributed by atoms with E-state index in [-0.39, 0.29) is 5.91 Å². The summed E-state index contributed by atoms with van der Waals surface area (Å²) < 4.78 is 6.02. The Morgan fingerprint density at radius 3 is 3.08 bits per heavy atom. The molecule has 0 atom stereocenters. The van der Waals surface area contributed by atoms with Gasteiger partial charge in [-0.25, -0.2) is 4.98 Å².